The highest BCUT2D eigenvalue weighted by atomic mass is 16.5. The lowest BCUT2D eigenvalue weighted by molar-refractivity contribution is 0.173. The molecule has 1 N–H and O–H groups in total. The van der Waals surface area contributed by atoms with Crippen molar-refractivity contribution in [2.45, 2.75) is 19.2 Å². The van der Waals surface area contributed by atoms with E-state index in [1.165, 1.54) is 5.56 Å². The van der Waals surface area contributed by atoms with Gasteiger partial charge in [0.2, 0.25) is 0 Å². The average Bonchev–Trinajstić information content (AvgIpc) is 2.84. The van der Waals surface area contributed by atoms with Crippen LogP contribution < -0.4 is 5.32 Å². The predicted octanol–water partition coefficient (Wildman–Crippen LogP) is 1.12. The normalized spacial score (nSPS) is 18.6. The molecule has 0 bridgehead atoms. The Bertz CT molecular complexity index is 523. The molecule has 2 aromatic rings. The van der Waals surface area contributed by atoms with Crippen LogP contribution in [0.1, 0.15) is 23.3 Å². The van der Waals surface area contributed by atoms with E-state index in [1.54, 1.807) is 7.11 Å². The summed E-state index contributed by atoms with van der Waals surface area (Å²) in [5, 5.41) is 12.0. The largest absolute Gasteiger partial charge is 0.377 e. The monoisotopic (exact) mass is 244 g/mol. The van der Waals surface area contributed by atoms with Crippen molar-refractivity contribution >= 4 is 0 Å². The Kier molecular flexibility index (Phi) is 3.08. The zero-order valence-electron chi connectivity index (χ0n) is 10.3. The van der Waals surface area contributed by atoms with Gasteiger partial charge < -0.3 is 14.6 Å². The fourth-order valence-electron chi connectivity index (χ4n) is 2.37. The number of aromatic nitrogens is 3. The molecule has 5 heteroatoms. The molecule has 0 aliphatic carbocycles. The Morgan fingerprint density at radius 3 is 2.94 bits per heavy atom. The van der Waals surface area contributed by atoms with E-state index in [9.17, 15) is 0 Å². The van der Waals surface area contributed by atoms with Crippen LogP contribution in [-0.2, 0) is 17.9 Å². The van der Waals surface area contributed by atoms with Crippen LogP contribution in [0.2, 0.25) is 0 Å². The Hall–Kier alpha value is -1.72. The smallest absolute Gasteiger partial charge is 0.159 e. The summed E-state index contributed by atoms with van der Waals surface area (Å²) in [5.41, 5.74) is 1.22. The van der Waals surface area contributed by atoms with Gasteiger partial charge in [0.25, 0.3) is 0 Å². The van der Waals surface area contributed by atoms with Crippen LogP contribution in [0.15, 0.2) is 30.3 Å². The Morgan fingerprint density at radius 1 is 1.33 bits per heavy atom. The highest BCUT2D eigenvalue weighted by Crippen LogP contribution is 2.23. The molecule has 0 spiro atoms. The third-order valence-corrected chi connectivity index (χ3v) is 3.20. The van der Waals surface area contributed by atoms with Gasteiger partial charge in [0.15, 0.2) is 11.6 Å². The second-order valence-electron chi connectivity index (χ2n) is 4.36. The molecule has 2 heterocycles. The van der Waals surface area contributed by atoms with Crippen molar-refractivity contribution in [2.75, 3.05) is 13.7 Å². The maximum Gasteiger partial charge on any atom is 0.159 e. The summed E-state index contributed by atoms with van der Waals surface area (Å²) in [7, 11) is 1.68. The van der Waals surface area contributed by atoms with E-state index in [-0.39, 0.29) is 6.04 Å². The Labute approximate surface area is 106 Å². The number of nitrogens with one attached hydrogen (secondary N) is 1. The summed E-state index contributed by atoms with van der Waals surface area (Å²) < 4.78 is 7.30. The number of hydrogen-bond acceptors (Lipinski definition) is 4. The lowest BCUT2D eigenvalue weighted by atomic mass is 10.1. The Balaban J connectivity index is 1.98. The molecule has 0 radical (unpaired) electrons. The second-order valence-corrected chi connectivity index (χ2v) is 4.36. The van der Waals surface area contributed by atoms with Gasteiger partial charge in [0, 0.05) is 20.2 Å². The molecule has 5 nitrogen and oxygen atoms in total. The highest BCUT2D eigenvalue weighted by molar-refractivity contribution is 5.26. The van der Waals surface area contributed by atoms with Gasteiger partial charge in [-0.05, 0) is 5.56 Å². The van der Waals surface area contributed by atoms with E-state index in [0.29, 0.717) is 6.61 Å². The van der Waals surface area contributed by atoms with E-state index in [4.69, 9.17) is 4.74 Å². The first-order valence-electron chi connectivity index (χ1n) is 6.09. The molecule has 3 rings (SSSR count). The lowest BCUT2D eigenvalue weighted by Crippen LogP contribution is -2.35. The molecule has 1 atom stereocenters. The third-order valence-electron chi connectivity index (χ3n) is 3.20. The van der Waals surface area contributed by atoms with Crippen molar-refractivity contribution in [1.29, 1.82) is 0 Å². The number of nitrogens with zero attached hydrogens (tertiary/aromatic N) is 3. The van der Waals surface area contributed by atoms with Crippen molar-refractivity contribution in [3.05, 3.63) is 47.5 Å². The third kappa shape index (κ3) is 1.91. The van der Waals surface area contributed by atoms with Crippen molar-refractivity contribution in [2.24, 2.45) is 0 Å². The van der Waals surface area contributed by atoms with E-state index in [2.05, 4.69) is 32.2 Å². The molecule has 1 aromatic heterocycles. The first-order valence-corrected chi connectivity index (χ1v) is 6.09. The van der Waals surface area contributed by atoms with Gasteiger partial charge in [-0.3, -0.25) is 0 Å². The van der Waals surface area contributed by atoms with Gasteiger partial charge in [-0.15, -0.1) is 10.2 Å². The number of hydrogen-bond donors (Lipinski definition) is 1. The molecule has 0 saturated heterocycles. The first-order chi connectivity index (χ1) is 8.90. The fraction of sp³-hybridized carbons (Fsp3) is 0.385. The van der Waals surface area contributed by atoms with Crippen LogP contribution in [0.3, 0.4) is 0 Å². The van der Waals surface area contributed by atoms with Gasteiger partial charge in [-0.1, -0.05) is 30.3 Å². The Morgan fingerprint density at radius 2 is 2.17 bits per heavy atom. The highest BCUT2D eigenvalue weighted by Gasteiger charge is 2.25. The van der Waals surface area contributed by atoms with Crippen molar-refractivity contribution < 1.29 is 4.74 Å². The zero-order chi connectivity index (χ0) is 12.4. The van der Waals surface area contributed by atoms with Gasteiger partial charge >= 0.3 is 0 Å². The molecule has 1 unspecified atom stereocenters. The van der Waals surface area contributed by atoms with Crippen LogP contribution in [0.5, 0.6) is 0 Å². The molecule has 94 valence electrons. The topological polar surface area (TPSA) is 52.0 Å². The van der Waals surface area contributed by atoms with E-state index >= 15 is 0 Å². The minimum atomic E-state index is 0.123. The fourth-order valence-corrected chi connectivity index (χ4v) is 2.37. The van der Waals surface area contributed by atoms with Gasteiger partial charge in [-0.2, -0.15) is 0 Å². The van der Waals surface area contributed by atoms with Gasteiger partial charge in [0.05, 0.1) is 6.04 Å². The van der Waals surface area contributed by atoms with Crippen LogP contribution in [0, 0.1) is 0 Å². The summed E-state index contributed by atoms with van der Waals surface area (Å²) in [5.74, 6) is 1.87. The first kappa shape index (κ1) is 11.4. The average molecular weight is 244 g/mol. The zero-order valence-corrected chi connectivity index (χ0v) is 10.3. The van der Waals surface area contributed by atoms with Gasteiger partial charge in [0.1, 0.15) is 6.61 Å². The molecule has 0 saturated carbocycles. The van der Waals surface area contributed by atoms with Crippen LogP contribution >= 0.6 is 0 Å². The summed E-state index contributed by atoms with van der Waals surface area (Å²) in [6, 6.07) is 10.5. The number of rotatable bonds is 3. The molecule has 18 heavy (non-hydrogen) atoms. The van der Waals surface area contributed by atoms with Crippen molar-refractivity contribution in [1.82, 2.24) is 20.1 Å². The summed E-state index contributed by atoms with van der Waals surface area (Å²) >= 11 is 0. The standard InChI is InChI=1S/C13H16N4O/c1-18-9-11-15-16-13-12(14-7-8-17(11)13)10-5-3-2-4-6-10/h2-6,12,14H,7-9H2,1H3. The molecule has 1 aliphatic heterocycles. The van der Waals surface area contributed by atoms with Crippen LogP contribution in [0.25, 0.3) is 0 Å². The predicted molar refractivity (Wildman–Crippen MR) is 67.0 cm³/mol. The molecule has 0 amide bonds. The van der Waals surface area contributed by atoms with Crippen LogP contribution in [0.4, 0.5) is 0 Å². The van der Waals surface area contributed by atoms with Crippen molar-refractivity contribution in [3.63, 3.8) is 0 Å². The minimum Gasteiger partial charge on any atom is -0.377 e. The number of methoxy groups -OCH3 is 1. The molecule has 1 aliphatic rings. The molecule has 0 fully saturated rings. The lowest BCUT2D eigenvalue weighted by Gasteiger charge is -2.25. The molecular weight excluding hydrogens is 228 g/mol. The maximum absolute atomic E-state index is 5.15. The quantitative estimate of drug-likeness (QED) is 0.879. The minimum absolute atomic E-state index is 0.123. The van der Waals surface area contributed by atoms with E-state index in [1.807, 2.05) is 18.2 Å². The molecular formula is C13H16N4O. The van der Waals surface area contributed by atoms with Crippen LogP contribution in [-0.4, -0.2) is 28.4 Å². The summed E-state index contributed by atoms with van der Waals surface area (Å²) in [6.45, 7) is 2.32. The van der Waals surface area contributed by atoms with E-state index in [0.717, 1.165) is 24.7 Å². The molecule has 1 aromatic carbocycles. The maximum atomic E-state index is 5.15. The number of fused-ring (bicyclic) bond motifs is 1. The van der Waals surface area contributed by atoms with Gasteiger partial charge in [-0.25, -0.2) is 0 Å². The number of ether oxygens (including phenoxy) is 1. The second kappa shape index (κ2) is 4.88. The number of benzene rings is 1. The van der Waals surface area contributed by atoms with Crippen molar-refractivity contribution in [3.8, 4) is 0 Å². The van der Waals surface area contributed by atoms with E-state index < -0.39 is 0 Å². The summed E-state index contributed by atoms with van der Waals surface area (Å²) in [6.07, 6.45) is 0. The SMILES string of the molecule is COCc1nnc2n1CCNC2c1ccccc1. The summed E-state index contributed by atoms with van der Waals surface area (Å²) in [4.78, 5) is 0.